The van der Waals surface area contributed by atoms with Crippen molar-refractivity contribution in [1.82, 2.24) is 9.80 Å². The number of rotatable bonds is 4. The van der Waals surface area contributed by atoms with Gasteiger partial charge >= 0.3 is 12.3 Å². The van der Waals surface area contributed by atoms with Crippen molar-refractivity contribution in [2.75, 3.05) is 19.6 Å². The molecule has 0 radical (unpaired) electrons. The first-order valence-electron chi connectivity index (χ1n) is 6.88. The Hall–Kier alpha value is -1.18. The van der Waals surface area contributed by atoms with Crippen molar-refractivity contribution < 1.29 is 23.1 Å². The van der Waals surface area contributed by atoms with Crippen LogP contribution in [0.4, 0.5) is 18.0 Å². The monoisotopic (exact) mass is 370 g/mol. The molecule has 1 aliphatic rings. The summed E-state index contributed by atoms with van der Waals surface area (Å²) >= 11 is 11.8. The minimum absolute atomic E-state index is 0.0202. The lowest BCUT2D eigenvalue weighted by atomic mass is 10.1. The summed E-state index contributed by atoms with van der Waals surface area (Å²) in [5.41, 5.74) is 0.522. The van der Waals surface area contributed by atoms with Gasteiger partial charge in [0.15, 0.2) is 0 Å². The molecule has 0 aliphatic carbocycles. The summed E-state index contributed by atoms with van der Waals surface area (Å²) in [6.07, 6.45) is -5.15. The molecule has 1 aliphatic heterocycles. The van der Waals surface area contributed by atoms with Crippen LogP contribution in [-0.4, -0.2) is 52.9 Å². The molecule has 1 aromatic carbocycles. The number of carboxylic acid groups (broad SMARTS) is 1. The van der Waals surface area contributed by atoms with Gasteiger partial charge in [-0.2, -0.15) is 13.2 Å². The van der Waals surface area contributed by atoms with Crippen molar-refractivity contribution in [3.8, 4) is 0 Å². The van der Waals surface area contributed by atoms with E-state index in [9.17, 15) is 18.0 Å². The lowest BCUT2D eigenvalue weighted by Gasteiger charge is -2.30. The van der Waals surface area contributed by atoms with Crippen LogP contribution in [0.1, 0.15) is 12.0 Å². The molecule has 1 heterocycles. The average Bonchev–Trinajstić information content (AvgIpc) is 2.89. The van der Waals surface area contributed by atoms with Crippen LogP contribution >= 0.6 is 23.2 Å². The van der Waals surface area contributed by atoms with Gasteiger partial charge < -0.3 is 10.0 Å². The van der Waals surface area contributed by atoms with E-state index in [0.717, 1.165) is 4.90 Å². The quantitative estimate of drug-likeness (QED) is 0.867. The molecule has 1 atom stereocenters. The molecule has 0 unspecified atom stereocenters. The Balaban J connectivity index is 2.16. The van der Waals surface area contributed by atoms with E-state index in [2.05, 4.69) is 0 Å². The smallest absolute Gasteiger partial charge is 0.407 e. The normalized spacial score (nSPS) is 18.7. The first-order chi connectivity index (χ1) is 10.7. The van der Waals surface area contributed by atoms with Gasteiger partial charge in [-0.3, -0.25) is 4.90 Å². The Labute approximate surface area is 141 Å². The highest BCUT2D eigenvalue weighted by molar-refractivity contribution is 6.35. The zero-order valence-corrected chi connectivity index (χ0v) is 13.5. The summed E-state index contributed by atoms with van der Waals surface area (Å²) in [5.74, 6) is 0. The fraction of sp³-hybridized carbons (Fsp3) is 0.500. The molecule has 2 rings (SSSR count). The Morgan fingerprint density at radius 1 is 1.39 bits per heavy atom. The van der Waals surface area contributed by atoms with E-state index in [4.69, 9.17) is 28.3 Å². The first kappa shape index (κ1) is 18.2. The second kappa shape index (κ2) is 7.15. The lowest BCUT2D eigenvalue weighted by Crippen LogP contribution is -2.43. The molecule has 1 fully saturated rings. The number of alkyl halides is 3. The minimum Gasteiger partial charge on any atom is -0.465 e. The highest BCUT2D eigenvalue weighted by Crippen LogP contribution is 2.27. The summed E-state index contributed by atoms with van der Waals surface area (Å²) < 4.78 is 38.6. The third-order valence-electron chi connectivity index (χ3n) is 3.72. The number of carbonyl (C=O) groups is 1. The fourth-order valence-electron chi connectivity index (χ4n) is 2.63. The average molecular weight is 371 g/mol. The van der Waals surface area contributed by atoms with Crippen LogP contribution in [0.2, 0.25) is 10.0 Å². The van der Waals surface area contributed by atoms with Crippen LogP contribution in [0.15, 0.2) is 18.2 Å². The van der Waals surface area contributed by atoms with Crippen molar-refractivity contribution in [2.45, 2.75) is 25.2 Å². The summed E-state index contributed by atoms with van der Waals surface area (Å²) in [7, 11) is 0. The van der Waals surface area contributed by atoms with E-state index in [1.54, 1.807) is 12.1 Å². The van der Waals surface area contributed by atoms with Crippen molar-refractivity contribution in [3.05, 3.63) is 33.8 Å². The maximum absolute atomic E-state index is 12.9. The third-order valence-corrected chi connectivity index (χ3v) is 4.31. The number of hydrogen-bond donors (Lipinski definition) is 1. The van der Waals surface area contributed by atoms with Crippen LogP contribution in [0.25, 0.3) is 0 Å². The highest BCUT2D eigenvalue weighted by Gasteiger charge is 2.37. The van der Waals surface area contributed by atoms with Gasteiger partial charge in [-0.25, -0.2) is 4.79 Å². The number of benzene rings is 1. The van der Waals surface area contributed by atoms with Gasteiger partial charge in [0.25, 0.3) is 0 Å². The molecule has 0 bridgehead atoms. The largest absolute Gasteiger partial charge is 0.465 e. The Kier molecular flexibility index (Phi) is 5.65. The number of halogens is 5. The van der Waals surface area contributed by atoms with Gasteiger partial charge in [0.1, 0.15) is 0 Å². The molecule has 0 aromatic heterocycles. The second-order valence-corrected chi connectivity index (χ2v) is 6.27. The number of nitrogens with zero attached hydrogens (tertiary/aromatic N) is 2. The SMILES string of the molecule is O=C(O)N1CC[C@H](N(Cc2ccc(Cl)cc2Cl)CC(F)(F)F)C1. The molecule has 23 heavy (non-hydrogen) atoms. The molecule has 1 aromatic rings. The Morgan fingerprint density at radius 2 is 2.09 bits per heavy atom. The summed E-state index contributed by atoms with van der Waals surface area (Å²) in [6.45, 7) is -0.864. The van der Waals surface area contributed by atoms with Crippen molar-refractivity contribution in [1.29, 1.82) is 0 Å². The van der Waals surface area contributed by atoms with Crippen LogP contribution in [0, 0.1) is 0 Å². The van der Waals surface area contributed by atoms with Crippen molar-refractivity contribution >= 4 is 29.3 Å². The van der Waals surface area contributed by atoms with Gasteiger partial charge in [0, 0.05) is 35.7 Å². The molecule has 128 valence electrons. The maximum atomic E-state index is 12.9. The molecule has 0 spiro atoms. The topological polar surface area (TPSA) is 43.8 Å². The van der Waals surface area contributed by atoms with E-state index in [1.165, 1.54) is 11.0 Å². The number of amides is 1. The molecule has 1 saturated heterocycles. The van der Waals surface area contributed by atoms with Crippen molar-refractivity contribution in [2.24, 2.45) is 0 Å². The molecular weight excluding hydrogens is 356 g/mol. The van der Waals surface area contributed by atoms with Crippen LogP contribution in [0.5, 0.6) is 0 Å². The van der Waals surface area contributed by atoms with E-state index in [1.807, 2.05) is 0 Å². The number of likely N-dealkylation sites (tertiary alicyclic amines) is 1. The standard InChI is InChI=1S/C14H15Cl2F3N2O2/c15-10-2-1-9(12(16)5-10)6-21(8-14(17,18)19)11-3-4-20(7-11)13(22)23/h1-2,5,11H,3-4,6-8H2,(H,22,23)/t11-/m0/s1. The molecular formula is C14H15Cl2F3N2O2. The van der Waals surface area contributed by atoms with Crippen LogP contribution < -0.4 is 0 Å². The van der Waals surface area contributed by atoms with Gasteiger partial charge in [0.2, 0.25) is 0 Å². The first-order valence-corrected chi connectivity index (χ1v) is 7.64. The van der Waals surface area contributed by atoms with E-state index in [0.29, 0.717) is 17.0 Å². The second-order valence-electron chi connectivity index (χ2n) is 5.43. The van der Waals surface area contributed by atoms with E-state index < -0.39 is 24.9 Å². The summed E-state index contributed by atoms with van der Waals surface area (Å²) in [5, 5.41) is 9.65. The molecule has 0 saturated carbocycles. The zero-order chi connectivity index (χ0) is 17.2. The van der Waals surface area contributed by atoms with Crippen LogP contribution in [0.3, 0.4) is 0 Å². The van der Waals surface area contributed by atoms with Gasteiger partial charge in [-0.1, -0.05) is 29.3 Å². The third kappa shape index (κ3) is 5.16. The summed E-state index contributed by atoms with van der Waals surface area (Å²) in [6, 6.07) is 4.12. The minimum atomic E-state index is -4.38. The van der Waals surface area contributed by atoms with Crippen LogP contribution in [-0.2, 0) is 6.54 Å². The predicted molar refractivity (Wildman–Crippen MR) is 80.9 cm³/mol. The van der Waals surface area contributed by atoms with E-state index in [-0.39, 0.29) is 24.7 Å². The van der Waals surface area contributed by atoms with E-state index >= 15 is 0 Å². The highest BCUT2D eigenvalue weighted by atomic mass is 35.5. The molecule has 4 nitrogen and oxygen atoms in total. The van der Waals surface area contributed by atoms with Gasteiger partial charge in [-0.15, -0.1) is 0 Å². The Morgan fingerprint density at radius 3 is 2.61 bits per heavy atom. The van der Waals surface area contributed by atoms with Gasteiger partial charge in [-0.05, 0) is 24.1 Å². The predicted octanol–water partition coefficient (Wildman–Crippen LogP) is 4.11. The summed E-state index contributed by atoms with van der Waals surface area (Å²) in [4.78, 5) is 13.3. The molecule has 1 amide bonds. The fourth-order valence-corrected chi connectivity index (χ4v) is 3.09. The molecule has 1 N–H and O–H groups in total. The maximum Gasteiger partial charge on any atom is 0.407 e. The van der Waals surface area contributed by atoms with Crippen molar-refractivity contribution in [3.63, 3.8) is 0 Å². The number of hydrogen-bond acceptors (Lipinski definition) is 2. The Bertz CT molecular complexity index is 584. The lowest BCUT2D eigenvalue weighted by molar-refractivity contribution is -0.151. The van der Waals surface area contributed by atoms with Gasteiger partial charge in [0.05, 0.1) is 6.54 Å². The molecule has 9 heteroatoms. The zero-order valence-electron chi connectivity index (χ0n) is 12.0.